The third-order valence-corrected chi connectivity index (χ3v) is 2.89. The molecule has 0 aliphatic heterocycles. The standard InChI is InChI=1S/C15H19ClN2O4/c1-21-8-7-17-15(20)10-18-14(19)6-3-11-9-12(16)4-5-13(11)22-2/h3-6,9H,7-8,10H2,1-2H3,(H,17,20)(H,18,19). The molecule has 0 saturated carbocycles. The summed E-state index contributed by atoms with van der Waals surface area (Å²) in [4.78, 5) is 23.1. The summed E-state index contributed by atoms with van der Waals surface area (Å²) in [6.07, 6.45) is 2.89. The van der Waals surface area contributed by atoms with E-state index in [-0.39, 0.29) is 18.4 Å². The SMILES string of the molecule is COCCNC(=O)CNC(=O)C=Cc1cc(Cl)ccc1OC. The summed E-state index contributed by atoms with van der Waals surface area (Å²) < 4.78 is 9.97. The van der Waals surface area contributed by atoms with Crippen LogP contribution in [0, 0.1) is 0 Å². The van der Waals surface area contributed by atoms with E-state index in [0.29, 0.717) is 29.5 Å². The maximum absolute atomic E-state index is 11.7. The van der Waals surface area contributed by atoms with Gasteiger partial charge in [-0.1, -0.05) is 11.6 Å². The minimum atomic E-state index is -0.385. The van der Waals surface area contributed by atoms with Gasteiger partial charge in [0.05, 0.1) is 20.3 Å². The first-order chi connectivity index (χ1) is 10.6. The molecule has 1 aromatic rings. The lowest BCUT2D eigenvalue weighted by Gasteiger charge is -2.06. The van der Waals surface area contributed by atoms with Crippen LogP contribution in [0.1, 0.15) is 5.56 Å². The fourth-order valence-electron chi connectivity index (χ4n) is 1.58. The van der Waals surface area contributed by atoms with E-state index in [9.17, 15) is 9.59 Å². The van der Waals surface area contributed by atoms with Crippen molar-refractivity contribution in [3.8, 4) is 5.75 Å². The zero-order valence-corrected chi connectivity index (χ0v) is 13.3. The van der Waals surface area contributed by atoms with Crippen molar-refractivity contribution < 1.29 is 19.1 Å². The number of ether oxygens (including phenoxy) is 2. The lowest BCUT2D eigenvalue weighted by molar-refractivity contribution is -0.124. The van der Waals surface area contributed by atoms with E-state index in [1.54, 1.807) is 31.4 Å². The second-order valence-electron chi connectivity index (χ2n) is 4.28. The highest BCUT2D eigenvalue weighted by Crippen LogP contribution is 2.23. The van der Waals surface area contributed by atoms with Crippen LogP contribution in [-0.4, -0.2) is 45.7 Å². The zero-order chi connectivity index (χ0) is 16.4. The van der Waals surface area contributed by atoms with Crippen molar-refractivity contribution in [3.05, 3.63) is 34.9 Å². The van der Waals surface area contributed by atoms with Crippen molar-refractivity contribution in [2.75, 3.05) is 33.9 Å². The second-order valence-corrected chi connectivity index (χ2v) is 4.72. The highest BCUT2D eigenvalue weighted by atomic mass is 35.5. The summed E-state index contributed by atoms with van der Waals surface area (Å²) in [7, 11) is 3.08. The van der Waals surface area contributed by atoms with Crippen molar-refractivity contribution in [1.29, 1.82) is 0 Å². The number of nitrogens with one attached hydrogen (secondary N) is 2. The van der Waals surface area contributed by atoms with Crippen LogP contribution in [0.5, 0.6) is 5.75 Å². The Labute approximate surface area is 134 Å². The second kappa shape index (κ2) is 9.81. The molecule has 0 saturated heterocycles. The number of methoxy groups -OCH3 is 2. The van der Waals surface area contributed by atoms with Gasteiger partial charge in [0.1, 0.15) is 5.75 Å². The maximum Gasteiger partial charge on any atom is 0.244 e. The summed E-state index contributed by atoms with van der Waals surface area (Å²) in [5, 5.41) is 5.62. The lowest BCUT2D eigenvalue weighted by Crippen LogP contribution is -2.37. The molecule has 22 heavy (non-hydrogen) atoms. The Balaban J connectivity index is 2.48. The van der Waals surface area contributed by atoms with Gasteiger partial charge in [0.2, 0.25) is 11.8 Å². The van der Waals surface area contributed by atoms with Gasteiger partial charge in [-0.3, -0.25) is 9.59 Å². The number of halogens is 1. The Bertz CT molecular complexity index is 546. The molecule has 0 unspecified atom stereocenters. The summed E-state index contributed by atoms with van der Waals surface area (Å²) in [6, 6.07) is 5.09. The van der Waals surface area contributed by atoms with Gasteiger partial charge in [-0.15, -0.1) is 0 Å². The van der Waals surface area contributed by atoms with E-state index < -0.39 is 0 Å². The Hall–Kier alpha value is -2.05. The molecule has 0 aliphatic carbocycles. The zero-order valence-electron chi connectivity index (χ0n) is 12.5. The summed E-state index contributed by atoms with van der Waals surface area (Å²) in [5.74, 6) is -0.0613. The smallest absolute Gasteiger partial charge is 0.244 e. The molecule has 0 fully saturated rings. The number of benzene rings is 1. The first-order valence-corrected chi connectivity index (χ1v) is 6.99. The van der Waals surface area contributed by atoms with E-state index >= 15 is 0 Å². The van der Waals surface area contributed by atoms with Gasteiger partial charge in [0, 0.05) is 30.3 Å². The van der Waals surface area contributed by atoms with Crippen LogP contribution < -0.4 is 15.4 Å². The Morgan fingerprint density at radius 3 is 2.73 bits per heavy atom. The van der Waals surface area contributed by atoms with Gasteiger partial charge in [-0.25, -0.2) is 0 Å². The molecule has 120 valence electrons. The number of hydrogen-bond donors (Lipinski definition) is 2. The molecular weight excluding hydrogens is 308 g/mol. The van der Waals surface area contributed by atoms with E-state index in [4.69, 9.17) is 21.1 Å². The van der Waals surface area contributed by atoms with E-state index in [2.05, 4.69) is 10.6 Å². The van der Waals surface area contributed by atoms with Crippen LogP contribution in [-0.2, 0) is 14.3 Å². The summed E-state index contributed by atoms with van der Waals surface area (Å²) in [5.41, 5.74) is 0.676. The largest absolute Gasteiger partial charge is 0.496 e. The fraction of sp³-hybridized carbons (Fsp3) is 0.333. The van der Waals surface area contributed by atoms with Gasteiger partial charge >= 0.3 is 0 Å². The lowest BCUT2D eigenvalue weighted by atomic mass is 10.2. The maximum atomic E-state index is 11.7. The van der Waals surface area contributed by atoms with Crippen molar-refractivity contribution in [2.45, 2.75) is 0 Å². The first-order valence-electron chi connectivity index (χ1n) is 6.62. The average molecular weight is 327 g/mol. The van der Waals surface area contributed by atoms with Gasteiger partial charge in [0.25, 0.3) is 0 Å². The van der Waals surface area contributed by atoms with Crippen molar-refractivity contribution in [2.24, 2.45) is 0 Å². The predicted octanol–water partition coefficient (Wildman–Crippen LogP) is 1.24. The molecule has 0 heterocycles. The minimum absolute atomic E-state index is 0.0977. The van der Waals surface area contributed by atoms with Crippen molar-refractivity contribution in [1.82, 2.24) is 10.6 Å². The van der Waals surface area contributed by atoms with E-state index in [1.165, 1.54) is 13.2 Å². The highest BCUT2D eigenvalue weighted by molar-refractivity contribution is 6.30. The topological polar surface area (TPSA) is 76.7 Å². The predicted molar refractivity (Wildman–Crippen MR) is 84.9 cm³/mol. The molecule has 0 bridgehead atoms. The van der Waals surface area contributed by atoms with Gasteiger partial charge < -0.3 is 20.1 Å². The number of carbonyl (C=O) groups is 2. The van der Waals surface area contributed by atoms with Gasteiger partial charge in [-0.05, 0) is 24.3 Å². The number of rotatable bonds is 8. The average Bonchev–Trinajstić information content (AvgIpc) is 2.51. The third-order valence-electron chi connectivity index (χ3n) is 2.66. The van der Waals surface area contributed by atoms with Gasteiger partial charge in [0.15, 0.2) is 0 Å². The summed E-state index contributed by atoms with van der Waals surface area (Å²) >= 11 is 5.90. The van der Waals surface area contributed by atoms with E-state index in [1.807, 2.05) is 0 Å². The van der Waals surface area contributed by atoms with Crippen LogP contribution in [0.2, 0.25) is 5.02 Å². The molecule has 1 aromatic carbocycles. The molecule has 0 aromatic heterocycles. The van der Waals surface area contributed by atoms with Crippen LogP contribution in [0.15, 0.2) is 24.3 Å². The molecular formula is C15H19ClN2O4. The Kier molecular flexibility index (Phi) is 8.03. The van der Waals surface area contributed by atoms with Crippen LogP contribution in [0.4, 0.5) is 0 Å². The Morgan fingerprint density at radius 2 is 2.05 bits per heavy atom. The van der Waals surface area contributed by atoms with E-state index in [0.717, 1.165) is 0 Å². The molecule has 0 aliphatic rings. The quantitative estimate of drug-likeness (QED) is 0.556. The molecule has 1 rings (SSSR count). The molecule has 2 amide bonds. The molecule has 2 N–H and O–H groups in total. The molecule has 6 nitrogen and oxygen atoms in total. The first kappa shape index (κ1) is 18.0. The number of amides is 2. The number of carbonyl (C=O) groups excluding carboxylic acids is 2. The fourth-order valence-corrected chi connectivity index (χ4v) is 1.76. The molecule has 0 radical (unpaired) electrons. The van der Waals surface area contributed by atoms with Crippen molar-refractivity contribution in [3.63, 3.8) is 0 Å². The van der Waals surface area contributed by atoms with Gasteiger partial charge in [-0.2, -0.15) is 0 Å². The van der Waals surface area contributed by atoms with Crippen molar-refractivity contribution >= 4 is 29.5 Å². The minimum Gasteiger partial charge on any atom is -0.496 e. The third kappa shape index (κ3) is 6.60. The molecule has 0 atom stereocenters. The van der Waals surface area contributed by atoms with Crippen LogP contribution in [0.25, 0.3) is 6.08 Å². The molecule has 7 heteroatoms. The summed E-state index contributed by atoms with van der Waals surface area (Å²) in [6.45, 7) is 0.731. The van der Waals surface area contributed by atoms with Crippen LogP contribution >= 0.6 is 11.6 Å². The Morgan fingerprint density at radius 1 is 1.27 bits per heavy atom. The van der Waals surface area contributed by atoms with Crippen LogP contribution in [0.3, 0.4) is 0 Å². The normalized spacial score (nSPS) is 10.5. The number of hydrogen-bond acceptors (Lipinski definition) is 4. The highest BCUT2D eigenvalue weighted by Gasteiger charge is 2.04. The molecule has 0 spiro atoms. The monoisotopic (exact) mass is 326 g/mol.